The van der Waals surface area contributed by atoms with Crippen LogP contribution < -0.4 is 0 Å². The number of imidazole rings is 2. The molecule has 0 saturated heterocycles. The standard InChI is InChI=1S/C20H18F3N5/c1-3-20(2,19(22)23)27-12-25-17(13-4-6-14(21)7-5-13)18(27)15-8-9-16-24-10-11-28(16)26-15/h4-12,19H,3H2,1-2H3. The van der Waals surface area contributed by atoms with Crippen molar-refractivity contribution in [3.63, 3.8) is 0 Å². The molecule has 0 amide bonds. The van der Waals surface area contributed by atoms with Crippen LogP contribution in [0.1, 0.15) is 20.3 Å². The van der Waals surface area contributed by atoms with E-state index in [0.29, 0.717) is 28.3 Å². The molecule has 4 rings (SSSR count). The summed E-state index contributed by atoms with van der Waals surface area (Å²) in [6, 6.07) is 9.28. The van der Waals surface area contributed by atoms with Crippen LogP contribution in [0.2, 0.25) is 0 Å². The Hall–Kier alpha value is -3.16. The number of aromatic nitrogens is 5. The number of nitrogens with zero attached hydrogens (tertiary/aromatic N) is 5. The number of hydrogen-bond acceptors (Lipinski definition) is 3. The first-order valence-electron chi connectivity index (χ1n) is 8.86. The second-order valence-corrected chi connectivity index (χ2v) is 6.78. The smallest absolute Gasteiger partial charge is 0.261 e. The van der Waals surface area contributed by atoms with Crippen molar-refractivity contribution in [2.45, 2.75) is 32.2 Å². The lowest BCUT2D eigenvalue weighted by Gasteiger charge is -2.31. The van der Waals surface area contributed by atoms with E-state index in [2.05, 4.69) is 15.1 Å². The van der Waals surface area contributed by atoms with Gasteiger partial charge in [0.15, 0.2) is 5.65 Å². The molecule has 0 spiro atoms. The van der Waals surface area contributed by atoms with E-state index in [-0.39, 0.29) is 12.2 Å². The molecule has 4 aromatic rings. The maximum atomic E-state index is 14.0. The minimum atomic E-state index is -2.61. The van der Waals surface area contributed by atoms with Crippen LogP contribution in [-0.2, 0) is 5.54 Å². The van der Waals surface area contributed by atoms with E-state index >= 15 is 0 Å². The molecule has 8 heteroatoms. The first-order valence-corrected chi connectivity index (χ1v) is 8.86. The Morgan fingerprint density at radius 2 is 1.82 bits per heavy atom. The molecule has 5 nitrogen and oxygen atoms in total. The minimum Gasteiger partial charge on any atom is -0.317 e. The Kier molecular flexibility index (Phi) is 4.41. The van der Waals surface area contributed by atoms with Crippen molar-refractivity contribution in [2.24, 2.45) is 0 Å². The first-order chi connectivity index (χ1) is 13.4. The number of fused-ring (bicyclic) bond motifs is 1. The number of hydrogen-bond donors (Lipinski definition) is 0. The molecule has 0 radical (unpaired) electrons. The maximum absolute atomic E-state index is 14.0. The monoisotopic (exact) mass is 385 g/mol. The molecular weight excluding hydrogens is 367 g/mol. The van der Waals surface area contributed by atoms with E-state index in [1.165, 1.54) is 30.0 Å². The minimum absolute atomic E-state index is 0.199. The quantitative estimate of drug-likeness (QED) is 0.496. The van der Waals surface area contributed by atoms with Gasteiger partial charge in [-0.05, 0) is 49.7 Å². The fourth-order valence-electron chi connectivity index (χ4n) is 3.17. The summed E-state index contributed by atoms with van der Waals surface area (Å²) in [4.78, 5) is 8.56. The number of halogens is 3. The zero-order valence-corrected chi connectivity index (χ0v) is 15.4. The van der Waals surface area contributed by atoms with Gasteiger partial charge in [-0.15, -0.1) is 0 Å². The van der Waals surface area contributed by atoms with Crippen LogP contribution in [0.3, 0.4) is 0 Å². The Bertz CT molecular complexity index is 1120. The van der Waals surface area contributed by atoms with Crippen LogP contribution in [0.25, 0.3) is 28.3 Å². The zero-order chi connectivity index (χ0) is 19.9. The van der Waals surface area contributed by atoms with Gasteiger partial charge >= 0.3 is 0 Å². The average molecular weight is 385 g/mol. The summed E-state index contributed by atoms with van der Waals surface area (Å²) in [5, 5.41) is 4.52. The topological polar surface area (TPSA) is 48.0 Å². The molecule has 0 N–H and O–H groups in total. The molecule has 0 saturated carbocycles. The van der Waals surface area contributed by atoms with Gasteiger partial charge in [-0.25, -0.2) is 27.7 Å². The van der Waals surface area contributed by atoms with Gasteiger partial charge in [0.25, 0.3) is 6.43 Å². The highest BCUT2D eigenvalue weighted by molar-refractivity contribution is 5.77. The normalized spacial score (nSPS) is 13.9. The van der Waals surface area contributed by atoms with Crippen LogP contribution in [0.5, 0.6) is 0 Å². The van der Waals surface area contributed by atoms with Crippen LogP contribution in [0.4, 0.5) is 13.2 Å². The summed E-state index contributed by atoms with van der Waals surface area (Å²) < 4.78 is 44.4. The van der Waals surface area contributed by atoms with Crippen LogP contribution in [0, 0.1) is 5.82 Å². The SMILES string of the molecule is CCC(C)(C(F)F)n1cnc(-c2ccc(F)cc2)c1-c1ccc2nccn2n1. The van der Waals surface area contributed by atoms with E-state index in [4.69, 9.17) is 0 Å². The third-order valence-corrected chi connectivity index (χ3v) is 5.12. The molecule has 0 aliphatic carbocycles. The number of alkyl halides is 2. The third kappa shape index (κ3) is 2.85. The van der Waals surface area contributed by atoms with Gasteiger partial charge in [-0.3, -0.25) is 0 Å². The molecule has 28 heavy (non-hydrogen) atoms. The summed E-state index contributed by atoms with van der Waals surface area (Å²) in [5.41, 5.74) is 1.19. The Morgan fingerprint density at radius 1 is 1.07 bits per heavy atom. The largest absolute Gasteiger partial charge is 0.317 e. The molecule has 0 bridgehead atoms. The Balaban J connectivity index is 1.99. The summed E-state index contributed by atoms with van der Waals surface area (Å²) in [6.07, 6.45) is 2.29. The van der Waals surface area contributed by atoms with Crippen molar-refractivity contribution in [2.75, 3.05) is 0 Å². The van der Waals surface area contributed by atoms with Crippen molar-refractivity contribution in [3.8, 4) is 22.6 Å². The third-order valence-electron chi connectivity index (χ3n) is 5.12. The maximum Gasteiger partial charge on any atom is 0.261 e. The first kappa shape index (κ1) is 18.2. The van der Waals surface area contributed by atoms with E-state index < -0.39 is 12.0 Å². The van der Waals surface area contributed by atoms with Gasteiger partial charge in [0.2, 0.25) is 0 Å². The van der Waals surface area contributed by atoms with Gasteiger partial charge in [-0.1, -0.05) is 6.92 Å². The highest BCUT2D eigenvalue weighted by Gasteiger charge is 2.38. The lowest BCUT2D eigenvalue weighted by Crippen LogP contribution is -2.37. The fraction of sp³-hybridized carbons (Fsp3) is 0.250. The van der Waals surface area contributed by atoms with Gasteiger partial charge in [0, 0.05) is 18.0 Å². The van der Waals surface area contributed by atoms with E-state index in [1.54, 1.807) is 48.1 Å². The van der Waals surface area contributed by atoms with Crippen LogP contribution in [0.15, 0.2) is 55.1 Å². The van der Waals surface area contributed by atoms with Crippen molar-refractivity contribution in [3.05, 3.63) is 60.9 Å². The molecular formula is C20H18F3N5. The van der Waals surface area contributed by atoms with Gasteiger partial charge in [0.05, 0.1) is 17.7 Å². The van der Waals surface area contributed by atoms with Crippen LogP contribution in [-0.4, -0.2) is 30.6 Å². The van der Waals surface area contributed by atoms with Crippen molar-refractivity contribution in [1.29, 1.82) is 0 Å². The zero-order valence-electron chi connectivity index (χ0n) is 15.4. The van der Waals surface area contributed by atoms with E-state index in [9.17, 15) is 13.2 Å². The number of rotatable bonds is 5. The van der Waals surface area contributed by atoms with Crippen LogP contribution >= 0.6 is 0 Å². The predicted octanol–water partition coefficient (Wildman–Crippen LogP) is 4.79. The molecule has 1 atom stereocenters. The summed E-state index contributed by atoms with van der Waals surface area (Å²) in [5.74, 6) is -0.381. The fourth-order valence-corrected chi connectivity index (χ4v) is 3.17. The highest BCUT2D eigenvalue weighted by Crippen LogP contribution is 2.38. The lowest BCUT2D eigenvalue weighted by molar-refractivity contribution is 0.0140. The van der Waals surface area contributed by atoms with Gasteiger partial charge in [-0.2, -0.15) is 5.10 Å². The second kappa shape index (κ2) is 6.78. The van der Waals surface area contributed by atoms with Crippen molar-refractivity contribution < 1.29 is 13.2 Å². The van der Waals surface area contributed by atoms with E-state index in [1.807, 2.05) is 0 Å². The molecule has 144 valence electrons. The Labute approximate surface area is 159 Å². The highest BCUT2D eigenvalue weighted by atomic mass is 19.3. The lowest BCUT2D eigenvalue weighted by atomic mass is 9.97. The number of benzene rings is 1. The molecule has 3 aromatic heterocycles. The molecule has 1 aromatic carbocycles. The molecule has 1 unspecified atom stereocenters. The Morgan fingerprint density at radius 3 is 2.50 bits per heavy atom. The van der Waals surface area contributed by atoms with Crippen molar-refractivity contribution in [1.82, 2.24) is 24.1 Å². The molecule has 0 fully saturated rings. The van der Waals surface area contributed by atoms with Crippen molar-refractivity contribution >= 4 is 5.65 Å². The molecule has 3 heterocycles. The predicted molar refractivity (Wildman–Crippen MR) is 99.5 cm³/mol. The van der Waals surface area contributed by atoms with Gasteiger partial charge in [0.1, 0.15) is 17.1 Å². The molecule has 0 aliphatic heterocycles. The second-order valence-electron chi connectivity index (χ2n) is 6.78. The summed E-state index contributed by atoms with van der Waals surface area (Å²) in [7, 11) is 0. The molecule has 0 aliphatic rings. The van der Waals surface area contributed by atoms with Gasteiger partial charge < -0.3 is 4.57 Å². The van der Waals surface area contributed by atoms with E-state index in [0.717, 1.165) is 0 Å². The summed E-state index contributed by atoms with van der Waals surface area (Å²) >= 11 is 0. The summed E-state index contributed by atoms with van der Waals surface area (Å²) in [6.45, 7) is 3.20. The average Bonchev–Trinajstić information content (AvgIpc) is 3.34.